The molecule has 21 heavy (non-hydrogen) atoms. The molecule has 0 aliphatic carbocycles. The molecule has 1 saturated heterocycles. The van der Waals surface area contributed by atoms with Gasteiger partial charge in [-0.3, -0.25) is 9.59 Å². The Hall–Kier alpha value is -2.15. The van der Waals surface area contributed by atoms with Gasteiger partial charge in [0.25, 0.3) is 5.91 Å². The summed E-state index contributed by atoms with van der Waals surface area (Å²) in [5.74, 6) is -0.563. The zero-order valence-electron chi connectivity index (χ0n) is 11.2. The Morgan fingerprint density at radius 2 is 2.14 bits per heavy atom. The van der Waals surface area contributed by atoms with Crippen LogP contribution in [0.5, 0.6) is 0 Å². The highest BCUT2D eigenvalue weighted by Crippen LogP contribution is 2.27. The van der Waals surface area contributed by atoms with Crippen molar-refractivity contribution in [3.05, 3.63) is 29.5 Å². The predicted octanol–water partition coefficient (Wildman–Crippen LogP) is 2.34. The van der Waals surface area contributed by atoms with Crippen LogP contribution in [0.25, 0.3) is 10.8 Å². The number of rotatable bonds is 3. The van der Waals surface area contributed by atoms with Gasteiger partial charge >= 0.3 is 5.97 Å². The molecule has 2 aromatic rings. The number of carbonyl (C=O) groups excluding carboxylic acids is 1. The molecule has 0 aromatic carbocycles. The summed E-state index contributed by atoms with van der Waals surface area (Å²) >= 11 is 1.29. The number of piperidine rings is 1. The Morgan fingerprint density at radius 3 is 2.76 bits per heavy atom. The first-order chi connectivity index (χ1) is 10.1. The lowest BCUT2D eigenvalue weighted by molar-refractivity contribution is -0.143. The number of nitrogens with zero attached hydrogens (tertiary/aromatic N) is 2. The van der Waals surface area contributed by atoms with Gasteiger partial charge in [-0.05, 0) is 25.0 Å². The molecule has 3 heterocycles. The van der Waals surface area contributed by atoms with Crippen LogP contribution in [0, 0.1) is 5.92 Å². The Labute approximate surface area is 125 Å². The van der Waals surface area contributed by atoms with Crippen molar-refractivity contribution in [2.24, 2.45) is 5.92 Å². The normalized spacial score (nSPS) is 16.1. The molecule has 2 aromatic heterocycles. The molecular weight excluding hydrogens is 292 g/mol. The third-order valence-corrected chi connectivity index (χ3v) is 4.58. The number of hydrogen-bond donors (Lipinski definition) is 1. The van der Waals surface area contributed by atoms with Gasteiger partial charge in [-0.2, -0.15) is 0 Å². The van der Waals surface area contributed by atoms with E-state index in [2.05, 4.69) is 4.98 Å². The molecule has 1 N–H and O–H groups in total. The molecule has 6 nitrogen and oxygen atoms in total. The van der Waals surface area contributed by atoms with Gasteiger partial charge in [0.2, 0.25) is 0 Å². The predicted molar refractivity (Wildman–Crippen MR) is 76.1 cm³/mol. The second kappa shape index (κ2) is 5.69. The molecule has 110 valence electrons. The molecule has 0 saturated carbocycles. The third-order valence-electron chi connectivity index (χ3n) is 3.58. The van der Waals surface area contributed by atoms with E-state index < -0.39 is 5.97 Å². The molecule has 0 radical (unpaired) electrons. The van der Waals surface area contributed by atoms with Gasteiger partial charge in [-0.1, -0.05) is 0 Å². The molecule has 0 spiro atoms. The minimum Gasteiger partial charge on any atom is -0.481 e. The number of thiazole rings is 1. The monoisotopic (exact) mass is 306 g/mol. The van der Waals surface area contributed by atoms with E-state index in [-0.39, 0.29) is 11.8 Å². The van der Waals surface area contributed by atoms with Gasteiger partial charge in [0.1, 0.15) is 4.88 Å². The van der Waals surface area contributed by atoms with Crippen molar-refractivity contribution in [2.75, 3.05) is 13.1 Å². The molecule has 0 unspecified atom stereocenters. The maximum Gasteiger partial charge on any atom is 0.306 e. The number of aliphatic carboxylic acids is 1. The molecule has 1 aliphatic rings. The molecule has 1 aliphatic heterocycles. The van der Waals surface area contributed by atoms with Crippen LogP contribution in [0.15, 0.2) is 29.0 Å². The maximum absolute atomic E-state index is 12.4. The topological polar surface area (TPSA) is 83.6 Å². The van der Waals surface area contributed by atoms with Crippen molar-refractivity contribution in [3.63, 3.8) is 0 Å². The smallest absolute Gasteiger partial charge is 0.306 e. The first-order valence-electron chi connectivity index (χ1n) is 6.67. The van der Waals surface area contributed by atoms with Crippen molar-refractivity contribution in [1.29, 1.82) is 0 Å². The van der Waals surface area contributed by atoms with Crippen molar-refractivity contribution >= 4 is 23.2 Å². The van der Waals surface area contributed by atoms with Crippen LogP contribution in [0.1, 0.15) is 22.5 Å². The van der Waals surface area contributed by atoms with Gasteiger partial charge in [-0.25, -0.2) is 4.98 Å². The minimum atomic E-state index is -0.778. The Kier molecular flexibility index (Phi) is 3.74. The number of hydrogen-bond acceptors (Lipinski definition) is 5. The van der Waals surface area contributed by atoms with Crippen molar-refractivity contribution in [2.45, 2.75) is 12.8 Å². The van der Waals surface area contributed by atoms with E-state index >= 15 is 0 Å². The highest BCUT2D eigenvalue weighted by Gasteiger charge is 2.28. The maximum atomic E-state index is 12.4. The Bertz CT molecular complexity index is 642. The summed E-state index contributed by atoms with van der Waals surface area (Å²) in [5, 5.41) is 9.64. The lowest BCUT2D eigenvalue weighted by Gasteiger charge is -2.29. The highest BCUT2D eigenvalue weighted by molar-refractivity contribution is 7.16. The van der Waals surface area contributed by atoms with Crippen LogP contribution >= 0.6 is 11.3 Å². The summed E-state index contributed by atoms with van der Waals surface area (Å²) in [5.41, 5.74) is 0. The van der Waals surface area contributed by atoms with Crippen molar-refractivity contribution in [1.82, 2.24) is 9.88 Å². The zero-order valence-corrected chi connectivity index (χ0v) is 12.0. The van der Waals surface area contributed by atoms with Crippen LogP contribution in [0.3, 0.4) is 0 Å². The number of carboxylic acid groups (broad SMARTS) is 1. The number of furan rings is 1. The third kappa shape index (κ3) is 2.82. The van der Waals surface area contributed by atoms with Gasteiger partial charge in [-0.15, -0.1) is 11.3 Å². The molecule has 1 amide bonds. The van der Waals surface area contributed by atoms with Crippen LogP contribution in [0.4, 0.5) is 0 Å². The number of amides is 1. The number of likely N-dealkylation sites (tertiary alicyclic amines) is 1. The SMILES string of the molecule is O=C(O)C1CCN(C(=O)c2cnc(-c3ccco3)s2)CC1. The molecule has 1 fully saturated rings. The first kappa shape index (κ1) is 13.8. The summed E-state index contributed by atoms with van der Waals surface area (Å²) in [6, 6.07) is 3.57. The van der Waals surface area contributed by atoms with E-state index in [4.69, 9.17) is 9.52 Å². The standard InChI is InChI=1S/C14H14N2O4S/c17-13(16-5-3-9(4-6-16)14(18)19)11-8-15-12(21-11)10-2-1-7-20-10/h1-2,7-9H,3-6H2,(H,18,19). The Morgan fingerprint density at radius 1 is 1.38 bits per heavy atom. The lowest BCUT2D eigenvalue weighted by atomic mass is 9.97. The van der Waals surface area contributed by atoms with Gasteiger partial charge in [0.15, 0.2) is 10.8 Å². The van der Waals surface area contributed by atoms with Crippen molar-refractivity contribution < 1.29 is 19.1 Å². The number of aromatic nitrogens is 1. The van der Waals surface area contributed by atoms with Crippen LogP contribution < -0.4 is 0 Å². The number of carboxylic acids is 1. The summed E-state index contributed by atoms with van der Waals surface area (Å²) < 4.78 is 5.26. The average molecular weight is 306 g/mol. The number of carbonyl (C=O) groups is 2. The fourth-order valence-electron chi connectivity index (χ4n) is 2.37. The van der Waals surface area contributed by atoms with Gasteiger partial charge < -0.3 is 14.4 Å². The summed E-state index contributed by atoms with van der Waals surface area (Å²) in [6.07, 6.45) is 4.12. The summed E-state index contributed by atoms with van der Waals surface area (Å²) in [6.45, 7) is 0.952. The second-order valence-corrected chi connectivity index (χ2v) is 5.94. The van der Waals surface area contributed by atoms with Crippen LogP contribution in [0.2, 0.25) is 0 Å². The van der Waals surface area contributed by atoms with Gasteiger partial charge in [0.05, 0.1) is 18.4 Å². The fourth-order valence-corrected chi connectivity index (χ4v) is 3.22. The highest BCUT2D eigenvalue weighted by atomic mass is 32.1. The molecule has 7 heteroatoms. The Balaban J connectivity index is 1.68. The van der Waals surface area contributed by atoms with E-state index in [1.54, 1.807) is 29.5 Å². The average Bonchev–Trinajstić information content (AvgIpc) is 3.17. The quantitative estimate of drug-likeness (QED) is 0.941. The largest absolute Gasteiger partial charge is 0.481 e. The fraction of sp³-hybridized carbons (Fsp3) is 0.357. The van der Waals surface area contributed by atoms with E-state index in [1.165, 1.54) is 11.3 Å². The van der Waals surface area contributed by atoms with E-state index in [0.717, 1.165) is 0 Å². The molecule has 0 atom stereocenters. The van der Waals surface area contributed by atoms with E-state index in [9.17, 15) is 9.59 Å². The lowest BCUT2D eigenvalue weighted by Crippen LogP contribution is -2.39. The van der Waals surface area contributed by atoms with Crippen molar-refractivity contribution in [3.8, 4) is 10.8 Å². The minimum absolute atomic E-state index is 0.0888. The zero-order chi connectivity index (χ0) is 14.8. The molecule has 0 bridgehead atoms. The van der Waals surface area contributed by atoms with E-state index in [1.807, 2.05) is 0 Å². The summed E-state index contributed by atoms with van der Waals surface area (Å²) in [4.78, 5) is 29.7. The van der Waals surface area contributed by atoms with Crippen LogP contribution in [-0.4, -0.2) is 40.0 Å². The second-order valence-electron chi connectivity index (χ2n) is 4.91. The first-order valence-corrected chi connectivity index (χ1v) is 7.48. The molecular formula is C14H14N2O4S. The van der Waals surface area contributed by atoms with E-state index in [0.29, 0.717) is 41.6 Å². The van der Waals surface area contributed by atoms with Crippen LogP contribution in [-0.2, 0) is 4.79 Å². The molecule has 3 rings (SSSR count). The van der Waals surface area contributed by atoms with Gasteiger partial charge in [0, 0.05) is 13.1 Å². The summed E-state index contributed by atoms with van der Waals surface area (Å²) in [7, 11) is 0.